The normalized spacial score (nSPS) is 20.8. The second-order valence-electron chi connectivity index (χ2n) is 7.22. The van der Waals surface area contributed by atoms with E-state index in [1.165, 1.54) is 18.4 Å². The summed E-state index contributed by atoms with van der Waals surface area (Å²) < 4.78 is 0. The Morgan fingerprint density at radius 2 is 1.96 bits per heavy atom. The highest BCUT2D eigenvalue weighted by molar-refractivity contribution is 6.27. The van der Waals surface area contributed by atoms with Crippen LogP contribution in [-0.4, -0.2) is 35.0 Å². The van der Waals surface area contributed by atoms with Crippen LogP contribution in [0.4, 0.5) is 4.79 Å². The lowest BCUT2D eigenvalue weighted by Crippen LogP contribution is -2.59. The van der Waals surface area contributed by atoms with E-state index in [1.54, 1.807) is 0 Å². The maximum absolute atomic E-state index is 13.0. The quantitative estimate of drug-likeness (QED) is 0.445. The molecule has 1 fully saturated rings. The van der Waals surface area contributed by atoms with Crippen molar-refractivity contribution in [3.05, 3.63) is 47.5 Å². The van der Waals surface area contributed by atoms with Crippen LogP contribution in [0.25, 0.3) is 0 Å². The van der Waals surface area contributed by atoms with E-state index in [-0.39, 0.29) is 6.54 Å². The molecule has 1 heterocycles. The summed E-state index contributed by atoms with van der Waals surface area (Å²) in [6.07, 6.45) is 8.34. The number of hydrogen-bond acceptors (Lipinski definition) is 4. The summed E-state index contributed by atoms with van der Waals surface area (Å²) in [6.45, 7) is 2.59. The molecule has 1 aliphatic carbocycles. The summed E-state index contributed by atoms with van der Waals surface area (Å²) in [5.41, 5.74) is 2.79. The van der Waals surface area contributed by atoms with E-state index in [0.717, 1.165) is 29.7 Å². The summed E-state index contributed by atoms with van der Waals surface area (Å²) >= 11 is 0. The zero-order valence-corrected chi connectivity index (χ0v) is 16.3. The van der Waals surface area contributed by atoms with E-state index in [4.69, 9.17) is 0 Å². The van der Waals surface area contributed by atoms with Crippen LogP contribution in [-0.2, 0) is 16.1 Å². The highest BCUT2D eigenvalue weighted by Gasteiger charge is 2.42. The van der Waals surface area contributed by atoms with Crippen LogP contribution in [0.5, 0.6) is 0 Å². The molecule has 0 aromatic heterocycles. The number of nitrogens with zero attached hydrogens (tertiary/aromatic N) is 2. The van der Waals surface area contributed by atoms with Gasteiger partial charge in [0.15, 0.2) is 5.92 Å². The average molecular weight is 381 g/mol. The second-order valence-corrected chi connectivity index (χ2v) is 7.22. The monoisotopic (exact) mass is 381 g/mol. The number of nitrogens with one attached hydrogen (secondary N) is 1. The first-order valence-corrected chi connectivity index (χ1v) is 10.0. The molecule has 3 rings (SSSR count). The number of imide groups is 2. The van der Waals surface area contributed by atoms with Gasteiger partial charge in [0.25, 0.3) is 0 Å². The number of carbonyl (C=O) groups is 3. The number of urea groups is 1. The molecule has 1 atom stereocenters. The first-order chi connectivity index (χ1) is 13.6. The van der Waals surface area contributed by atoms with Crippen molar-refractivity contribution in [1.82, 2.24) is 10.2 Å². The fourth-order valence-electron chi connectivity index (χ4n) is 3.70. The number of amides is 4. The molecule has 1 aromatic carbocycles. The van der Waals surface area contributed by atoms with Crippen molar-refractivity contribution in [3.8, 4) is 0 Å². The van der Waals surface area contributed by atoms with Gasteiger partial charge in [0, 0.05) is 12.3 Å². The number of barbiturate groups is 1. The molecule has 0 spiro atoms. The Balaban J connectivity index is 1.72. The van der Waals surface area contributed by atoms with Crippen LogP contribution in [0.2, 0.25) is 0 Å². The summed E-state index contributed by atoms with van der Waals surface area (Å²) in [5.74, 6) is -2.08. The number of hydrogen-bond donors (Lipinski definition) is 1. The fourth-order valence-corrected chi connectivity index (χ4v) is 3.70. The van der Waals surface area contributed by atoms with Crippen molar-refractivity contribution in [2.45, 2.75) is 52.0 Å². The van der Waals surface area contributed by atoms with Crippen molar-refractivity contribution >= 4 is 23.6 Å². The Morgan fingerprint density at radius 3 is 2.64 bits per heavy atom. The van der Waals surface area contributed by atoms with E-state index in [0.29, 0.717) is 18.7 Å². The SMILES string of the molecule is CCC(=NCCC1=CCCCC1)C1C(=O)NC(=O)N(Cc2ccccc2)C1=O. The Hall–Kier alpha value is -2.76. The van der Waals surface area contributed by atoms with Gasteiger partial charge in [0.1, 0.15) is 0 Å². The predicted molar refractivity (Wildman–Crippen MR) is 108 cm³/mol. The van der Waals surface area contributed by atoms with E-state index < -0.39 is 23.8 Å². The molecular formula is C22H27N3O3. The Morgan fingerprint density at radius 1 is 1.18 bits per heavy atom. The van der Waals surface area contributed by atoms with E-state index in [2.05, 4.69) is 16.4 Å². The average Bonchev–Trinajstić information content (AvgIpc) is 2.71. The summed E-state index contributed by atoms with van der Waals surface area (Å²) in [7, 11) is 0. The minimum atomic E-state index is -1.02. The first kappa shape index (κ1) is 20.0. The molecule has 1 aliphatic heterocycles. The van der Waals surface area contributed by atoms with E-state index >= 15 is 0 Å². The molecule has 0 saturated carbocycles. The van der Waals surface area contributed by atoms with Crippen LogP contribution >= 0.6 is 0 Å². The van der Waals surface area contributed by atoms with Gasteiger partial charge in [-0.15, -0.1) is 0 Å². The van der Waals surface area contributed by atoms with Gasteiger partial charge in [-0.1, -0.05) is 48.9 Å². The molecule has 0 bridgehead atoms. The third-order valence-corrected chi connectivity index (χ3v) is 5.26. The Bertz CT molecular complexity index is 799. The van der Waals surface area contributed by atoms with Crippen LogP contribution < -0.4 is 5.32 Å². The first-order valence-electron chi connectivity index (χ1n) is 10.0. The molecule has 1 saturated heterocycles. The predicted octanol–water partition coefficient (Wildman–Crippen LogP) is 3.62. The van der Waals surface area contributed by atoms with E-state index in [9.17, 15) is 14.4 Å². The number of aliphatic imine (C=N–C) groups is 1. The third kappa shape index (κ3) is 4.74. The molecule has 0 radical (unpaired) electrons. The molecule has 28 heavy (non-hydrogen) atoms. The van der Waals surface area contributed by atoms with Crippen LogP contribution in [0.3, 0.4) is 0 Å². The fraction of sp³-hybridized carbons (Fsp3) is 0.455. The third-order valence-electron chi connectivity index (χ3n) is 5.26. The van der Waals surface area contributed by atoms with Gasteiger partial charge in [0.05, 0.1) is 6.54 Å². The minimum Gasteiger partial charge on any atom is -0.292 e. The lowest BCUT2D eigenvalue weighted by atomic mass is 9.95. The van der Waals surface area contributed by atoms with Gasteiger partial charge in [-0.05, 0) is 44.1 Å². The Labute approximate surface area is 165 Å². The van der Waals surface area contributed by atoms with Gasteiger partial charge in [-0.25, -0.2) is 4.79 Å². The minimum absolute atomic E-state index is 0.138. The molecule has 1 N–H and O–H groups in total. The molecule has 1 aromatic rings. The van der Waals surface area contributed by atoms with Crippen molar-refractivity contribution in [3.63, 3.8) is 0 Å². The zero-order valence-electron chi connectivity index (χ0n) is 16.3. The maximum Gasteiger partial charge on any atom is 0.331 e. The van der Waals surface area contributed by atoms with Crippen molar-refractivity contribution in [2.75, 3.05) is 6.54 Å². The van der Waals surface area contributed by atoms with Crippen molar-refractivity contribution in [2.24, 2.45) is 10.9 Å². The van der Waals surface area contributed by atoms with Gasteiger partial charge >= 0.3 is 6.03 Å². The van der Waals surface area contributed by atoms with Crippen molar-refractivity contribution < 1.29 is 14.4 Å². The largest absolute Gasteiger partial charge is 0.331 e. The van der Waals surface area contributed by atoms with Crippen LogP contribution in [0.15, 0.2) is 47.0 Å². The molecule has 6 nitrogen and oxygen atoms in total. The number of allylic oxidation sites excluding steroid dienone is 1. The molecule has 4 amide bonds. The topological polar surface area (TPSA) is 78.8 Å². The summed E-state index contributed by atoms with van der Waals surface area (Å²) in [5, 5.41) is 2.32. The number of rotatable bonds is 7. The molecule has 1 unspecified atom stereocenters. The zero-order chi connectivity index (χ0) is 19.9. The number of carbonyl (C=O) groups excluding carboxylic acids is 3. The smallest absolute Gasteiger partial charge is 0.292 e. The lowest BCUT2D eigenvalue weighted by Gasteiger charge is -2.30. The van der Waals surface area contributed by atoms with E-state index in [1.807, 2.05) is 37.3 Å². The summed E-state index contributed by atoms with van der Waals surface area (Å²) in [4.78, 5) is 43.3. The van der Waals surface area contributed by atoms with Crippen molar-refractivity contribution in [1.29, 1.82) is 0 Å². The maximum atomic E-state index is 13.0. The molecule has 2 aliphatic rings. The van der Waals surface area contributed by atoms with Gasteiger partial charge < -0.3 is 0 Å². The highest BCUT2D eigenvalue weighted by atomic mass is 16.2. The van der Waals surface area contributed by atoms with Gasteiger partial charge in [0.2, 0.25) is 11.8 Å². The standard InChI is InChI=1S/C22H27N3O3/c1-2-18(23-14-13-16-9-5-3-6-10-16)19-20(26)24-22(28)25(21(19)27)15-17-11-7-4-8-12-17/h4,7-9,11-12,19H,2-3,5-6,10,13-15H2,1H3,(H,24,26,28). The molecular weight excluding hydrogens is 354 g/mol. The van der Waals surface area contributed by atoms with Gasteiger partial charge in [-0.2, -0.15) is 0 Å². The highest BCUT2D eigenvalue weighted by Crippen LogP contribution is 2.21. The van der Waals surface area contributed by atoms with Gasteiger partial charge in [-0.3, -0.25) is 24.8 Å². The van der Waals surface area contributed by atoms with Crippen LogP contribution in [0, 0.1) is 5.92 Å². The van der Waals surface area contributed by atoms with Crippen LogP contribution in [0.1, 0.15) is 51.0 Å². The Kier molecular flexibility index (Phi) is 6.74. The molecule has 6 heteroatoms. The summed E-state index contributed by atoms with van der Waals surface area (Å²) in [6, 6.07) is 8.60. The second kappa shape index (κ2) is 9.44. The molecule has 148 valence electrons. The lowest BCUT2D eigenvalue weighted by molar-refractivity contribution is -0.139. The number of benzene rings is 1.